The Morgan fingerprint density at radius 3 is 2.89 bits per heavy atom. The molecule has 0 radical (unpaired) electrons. The first-order valence-corrected chi connectivity index (χ1v) is 9.80. The number of aromatic nitrogens is 3. The molecule has 0 aromatic carbocycles. The molecule has 0 aliphatic carbocycles. The number of pyridine rings is 1. The summed E-state index contributed by atoms with van der Waals surface area (Å²) in [6, 6.07) is 7.35. The first kappa shape index (κ1) is 17.1. The Hall–Kier alpha value is -2.00. The predicted molar refractivity (Wildman–Crippen MR) is 102 cm³/mol. The third kappa shape index (κ3) is 3.34. The Morgan fingerprint density at radius 2 is 2.07 bits per heavy atom. The smallest absolute Gasteiger partial charge is 0.129 e. The lowest BCUT2D eigenvalue weighted by Gasteiger charge is -2.34. The highest BCUT2D eigenvalue weighted by molar-refractivity contribution is 5.40. The van der Waals surface area contributed by atoms with Gasteiger partial charge < -0.3 is 15.0 Å². The Morgan fingerprint density at radius 1 is 1.19 bits per heavy atom. The number of piperidine rings is 1. The molecule has 5 heterocycles. The number of rotatable bonds is 3. The Balaban J connectivity index is 1.35. The molecule has 2 aromatic heterocycles. The van der Waals surface area contributed by atoms with Gasteiger partial charge in [-0.2, -0.15) is 5.10 Å². The fourth-order valence-electron chi connectivity index (χ4n) is 4.52. The van der Waals surface area contributed by atoms with Crippen LogP contribution in [0.3, 0.4) is 0 Å². The molecule has 144 valence electrons. The van der Waals surface area contributed by atoms with E-state index in [1.54, 1.807) is 0 Å². The highest BCUT2D eigenvalue weighted by Gasteiger charge is 2.42. The van der Waals surface area contributed by atoms with Crippen molar-refractivity contribution in [1.82, 2.24) is 30.9 Å². The van der Waals surface area contributed by atoms with E-state index in [1.165, 1.54) is 5.56 Å². The quantitative estimate of drug-likeness (QED) is 0.728. The summed E-state index contributed by atoms with van der Waals surface area (Å²) in [5, 5.41) is 7.99. The second kappa shape index (κ2) is 7.20. The number of fused-ring (bicyclic) bond motifs is 1. The van der Waals surface area contributed by atoms with Crippen LogP contribution in [0.4, 0.5) is 5.82 Å². The van der Waals surface area contributed by atoms with Crippen molar-refractivity contribution in [2.75, 3.05) is 37.7 Å². The number of morpholine rings is 1. The van der Waals surface area contributed by atoms with Crippen molar-refractivity contribution in [3.63, 3.8) is 0 Å². The highest BCUT2D eigenvalue weighted by Crippen LogP contribution is 2.38. The van der Waals surface area contributed by atoms with Crippen molar-refractivity contribution < 1.29 is 4.74 Å². The van der Waals surface area contributed by atoms with Crippen molar-refractivity contribution in [1.29, 1.82) is 0 Å². The molecule has 0 bridgehead atoms. The third-order valence-corrected chi connectivity index (χ3v) is 6.00. The molecule has 0 saturated carbocycles. The molecule has 3 N–H and O–H groups in total. The summed E-state index contributed by atoms with van der Waals surface area (Å²) >= 11 is 0. The zero-order chi connectivity index (χ0) is 18.2. The van der Waals surface area contributed by atoms with Gasteiger partial charge in [0.25, 0.3) is 0 Å². The molecule has 2 aromatic rings. The number of aryl methyl sites for hydroxylation is 1. The van der Waals surface area contributed by atoms with Gasteiger partial charge in [0.15, 0.2) is 0 Å². The second-order valence-corrected chi connectivity index (χ2v) is 7.70. The van der Waals surface area contributed by atoms with Crippen LogP contribution in [0, 0.1) is 5.92 Å². The number of anilines is 1. The maximum absolute atomic E-state index is 5.47. The van der Waals surface area contributed by atoms with Gasteiger partial charge in [0.2, 0.25) is 0 Å². The minimum Gasteiger partial charge on any atom is -0.378 e. The van der Waals surface area contributed by atoms with E-state index in [0.717, 1.165) is 50.8 Å². The van der Waals surface area contributed by atoms with Gasteiger partial charge in [-0.05, 0) is 18.6 Å². The molecule has 4 atom stereocenters. The van der Waals surface area contributed by atoms with Gasteiger partial charge in [-0.1, -0.05) is 6.07 Å². The van der Waals surface area contributed by atoms with E-state index in [2.05, 4.69) is 50.6 Å². The third-order valence-electron chi connectivity index (χ3n) is 6.00. The number of nitrogens with one attached hydrogen (secondary N) is 3. The van der Waals surface area contributed by atoms with E-state index >= 15 is 0 Å². The summed E-state index contributed by atoms with van der Waals surface area (Å²) in [4.78, 5) is 7.32. The average molecular weight is 369 g/mol. The summed E-state index contributed by atoms with van der Waals surface area (Å²) < 4.78 is 7.35. The standard InChI is InChI=1S/C19H27N7O/c1-25-12-13(10-21-25)16-9-14-17(11-20-16)23-24-19(14)15-3-2-4-18(22-15)26-5-7-27-8-6-26/h2-4,10,12,14,16-17,19-20,23-24H,5-9,11H2,1H3. The molecule has 3 saturated heterocycles. The molecule has 27 heavy (non-hydrogen) atoms. The van der Waals surface area contributed by atoms with Crippen molar-refractivity contribution in [2.24, 2.45) is 13.0 Å². The van der Waals surface area contributed by atoms with E-state index in [4.69, 9.17) is 9.72 Å². The topological polar surface area (TPSA) is 79.3 Å². The second-order valence-electron chi connectivity index (χ2n) is 7.70. The van der Waals surface area contributed by atoms with E-state index < -0.39 is 0 Å². The van der Waals surface area contributed by atoms with Gasteiger partial charge in [-0.3, -0.25) is 10.1 Å². The number of ether oxygens (including phenoxy) is 1. The van der Waals surface area contributed by atoms with Crippen LogP contribution in [0.25, 0.3) is 0 Å². The summed E-state index contributed by atoms with van der Waals surface area (Å²) in [6.07, 6.45) is 5.14. The van der Waals surface area contributed by atoms with Gasteiger partial charge in [0.1, 0.15) is 5.82 Å². The van der Waals surface area contributed by atoms with Crippen molar-refractivity contribution in [3.8, 4) is 0 Å². The molecule has 8 heteroatoms. The SMILES string of the molecule is Cn1cc(C2CC3C(CN2)NNC3c2cccc(N3CCOCC3)n2)cn1. The van der Waals surface area contributed by atoms with Crippen LogP contribution in [-0.2, 0) is 11.8 Å². The first-order chi connectivity index (χ1) is 13.3. The van der Waals surface area contributed by atoms with Gasteiger partial charge in [0, 0.05) is 56.4 Å². The average Bonchev–Trinajstić information content (AvgIpc) is 3.34. The maximum atomic E-state index is 5.47. The van der Waals surface area contributed by atoms with E-state index in [0.29, 0.717) is 18.0 Å². The lowest BCUT2D eigenvalue weighted by Crippen LogP contribution is -2.46. The van der Waals surface area contributed by atoms with Gasteiger partial charge in [-0.25, -0.2) is 10.4 Å². The first-order valence-electron chi connectivity index (χ1n) is 9.80. The number of hydrazine groups is 1. The zero-order valence-corrected chi connectivity index (χ0v) is 15.6. The number of hydrogen-bond acceptors (Lipinski definition) is 7. The lowest BCUT2D eigenvalue weighted by molar-refractivity contribution is 0.122. The van der Waals surface area contributed by atoms with Crippen LogP contribution in [0.1, 0.15) is 29.8 Å². The minimum absolute atomic E-state index is 0.220. The normalized spacial score (nSPS) is 31.1. The van der Waals surface area contributed by atoms with E-state index in [1.807, 2.05) is 17.9 Å². The molecule has 3 aliphatic rings. The molecule has 0 spiro atoms. The predicted octanol–water partition coefficient (Wildman–Crippen LogP) is 0.520. The lowest BCUT2D eigenvalue weighted by atomic mass is 9.82. The van der Waals surface area contributed by atoms with Crippen molar-refractivity contribution in [3.05, 3.63) is 41.9 Å². The fraction of sp³-hybridized carbons (Fsp3) is 0.579. The monoisotopic (exact) mass is 369 g/mol. The summed E-state index contributed by atoms with van der Waals surface area (Å²) in [5.41, 5.74) is 9.36. The molecule has 4 unspecified atom stereocenters. The number of hydrogen-bond donors (Lipinski definition) is 3. The maximum Gasteiger partial charge on any atom is 0.129 e. The van der Waals surface area contributed by atoms with Crippen LogP contribution < -0.4 is 21.1 Å². The van der Waals surface area contributed by atoms with Crippen LogP contribution in [-0.4, -0.2) is 53.7 Å². The van der Waals surface area contributed by atoms with Crippen molar-refractivity contribution in [2.45, 2.75) is 24.5 Å². The Kier molecular flexibility index (Phi) is 4.56. The van der Waals surface area contributed by atoms with Crippen LogP contribution in [0.2, 0.25) is 0 Å². The minimum atomic E-state index is 0.220. The largest absolute Gasteiger partial charge is 0.378 e. The highest BCUT2D eigenvalue weighted by atomic mass is 16.5. The summed E-state index contributed by atoms with van der Waals surface area (Å²) in [5.74, 6) is 1.54. The number of nitrogens with zero attached hydrogens (tertiary/aromatic N) is 4. The van der Waals surface area contributed by atoms with Gasteiger partial charge in [-0.15, -0.1) is 0 Å². The van der Waals surface area contributed by atoms with Crippen molar-refractivity contribution >= 4 is 5.82 Å². The summed E-state index contributed by atoms with van der Waals surface area (Å²) in [6.45, 7) is 4.31. The van der Waals surface area contributed by atoms with Crippen LogP contribution >= 0.6 is 0 Å². The fourth-order valence-corrected chi connectivity index (χ4v) is 4.52. The molecular formula is C19H27N7O. The van der Waals surface area contributed by atoms with Gasteiger partial charge in [0.05, 0.1) is 31.1 Å². The summed E-state index contributed by atoms with van der Waals surface area (Å²) in [7, 11) is 1.97. The molecule has 5 rings (SSSR count). The Labute approximate surface area is 159 Å². The van der Waals surface area contributed by atoms with E-state index in [9.17, 15) is 0 Å². The van der Waals surface area contributed by atoms with Gasteiger partial charge >= 0.3 is 0 Å². The molecule has 0 amide bonds. The molecule has 8 nitrogen and oxygen atoms in total. The Bertz CT molecular complexity index is 788. The zero-order valence-electron chi connectivity index (χ0n) is 15.6. The van der Waals surface area contributed by atoms with Crippen LogP contribution in [0.15, 0.2) is 30.6 Å². The molecule has 3 fully saturated rings. The van der Waals surface area contributed by atoms with E-state index in [-0.39, 0.29) is 6.04 Å². The molecular weight excluding hydrogens is 342 g/mol. The van der Waals surface area contributed by atoms with Crippen LogP contribution in [0.5, 0.6) is 0 Å². The molecule has 3 aliphatic heterocycles.